The standard InChI is InChI=1S/C28H28N2O5/c1-34-16-8-11-23(35-2)21(13-16)29-26(31)22(12-15-6-4-3-5-7-15)30-27(32)24-17-9-10-18(20-14-19(17)20)25(24)28(30)33/h3-11,13,17-20,22,24-25H,12,14H2,1-2H3,(H,29,31)/t17-,18-,19-,20+,22-,24+,25+/m0/s1. The highest BCUT2D eigenvalue weighted by Gasteiger charge is 2.67. The SMILES string of the molecule is COc1ccc(OC)c(NC(=O)[C@H](Cc2ccccc2)N2C(=O)[C@@H]3[C@H]4C=C[C@@H]([C@@H]5C[C@H]45)[C@H]3C2=O)c1. The Morgan fingerprint density at radius 1 is 0.971 bits per heavy atom. The average Bonchev–Trinajstić information content (AvgIpc) is 3.66. The number of rotatable bonds is 7. The van der Waals surface area contributed by atoms with Gasteiger partial charge in [-0.3, -0.25) is 19.3 Å². The lowest BCUT2D eigenvalue weighted by Crippen LogP contribution is -2.49. The Kier molecular flexibility index (Phi) is 5.16. The summed E-state index contributed by atoms with van der Waals surface area (Å²) >= 11 is 0. The molecule has 0 aromatic heterocycles. The highest BCUT2D eigenvalue weighted by molar-refractivity contribution is 6.11. The Morgan fingerprint density at radius 3 is 2.23 bits per heavy atom. The quantitative estimate of drug-likeness (QED) is 0.494. The Morgan fingerprint density at radius 2 is 1.63 bits per heavy atom. The molecule has 7 nitrogen and oxygen atoms in total. The number of allylic oxidation sites excluding steroid dienone is 2. The van der Waals surface area contributed by atoms with Crippen LogP contribution in [0, 0.1) is 35.5 Å². The molecular weight excluding hydrogens is 444 g/mol. The molecule has 3 fully saturated rings. The van der Waals surface area contributed by atoms with Gasteiger partial charge in [-0.1, -0.05) is 42.5 Å². The van der Waals surface area contributed by atoms with E-state index in [2.05, 4.69) is 17.5 Å². The summed E-state index contributed by atoms with van der Waals surface area (Å²) in [6.45, 7) is 0. The molecule has 0 spiro atoms. The fraction of sp³-hybridized carbons (Fsp3) is 0.393. The number of amides is 3. The number of likely N-dealkylation sites (tertiary alicyclic amines) is 1. The molecule has 2 bridgehead atoms. The third kappa shape index (κ3) is 3.44. The fourth-order valence-electron chi connectivity index (χ4n) is 6.55. The van der Waals surface area contributed by atoms with Crippen molar-refractivity contribution in [1.82, 2.24) is 4.90 Å². The van der Waals surface area contributed by atoms with Gasteiger partial charge in [0, 0.05) is 12.5 Å². The van der Waals surface area contributed by atoms with E-state index in [0.29, 0.717) is 29.0 Å². The van der Waals surface area contributed by atoms with E-state index in [4.69, 9.17) is 9.47 Å². The molecule has 2 aromatic carbocycles. The zero-order chi connectivity index (χ0) is 24.3. The van der Waals surface area contributed by atoms with Gasteiger partial charge in [-0.2, -0.15) is 0 Å². The van der Waals surface area contributed by atoms with Gasteiger partial charge in [0.05, 0.1) is 31.7 Å². The van der Waals surface area contributed by atoms with Crippen LogP contribution >= 0.6 is 0 Å². The number of carbonyl (C=O) groups excluding carboxylic acids is 3. The van der Waals surface area contributed by atoms with Crippen molar-refractivity contribution in [2.45, 2.75) is 18.9 Å². The number of imide groups is 1. The lowest BCUT2D eigenvalue weighted by atomic mass is 9.63. The summed E-state index contributed by atoms with van der Waals surface area (Å²) in [6, 6.07) is 13.6. The molecule has 1 aliphatic heterocycles. The fourth-order valence-corrected chi connectivity index (χ4v) is 6.55. The zero-order valence-electron chi connectivity index (χ0n) is 19.7. The van der Waals surface area contributed by atoms with E-state index in [9.17, 15) is 14.4 Å². The molecule has 1 saturated heterocycles. The van der Waals surface area contributed by atoms with E-state index in [-0.39, 0.29) is 41.9 Å². The number of nitrogens with one attached hydrogen (secondary N) is 1. The van der Waals surface area contributed by atoms with Crippen LogP contribution in [0.2, 0.25) is 0 Å². The Labute approximate surface area is 204 Å². The number of hydrogen-bond acceptors (Lipinski definition) is 5. The van der Waals surface area contributed by atoms with E-state index in [1.165, 1.54) is 12.0 Å². The van der Waals surface area contributed by atoms with Crippen molar-refractivity contribution >= 4 is 23.4 Å². The summed E-state index contributed by atoms with van der Waals surface area (Å²) in [4.78, 5) is 42.5. The molecule has 7 atom stereocenters. The molecular formula is C28H28N2O5. The van der Waals surface area contributed by atoms with Crippen LogP contribution in [-0.2, 0) is 20.8 Å². The number of benzene rings is 2. The van der Waals surface area contributed by atoms with Crippen molar-refractivity contribution in [3.63, 3.8) is 0 Å². The first-order chi connectivity index (χ1) is 17.0. The average molecular weight is 473 g/mol. The van der Waals surface area contributed by atoms with E-state index < -0.39 is 11.9 Å². The number of methoxy groups -OCH3 is 2. The van der Waals surface area contributed by atoms with Crippen molar-refractivity contribution in [2.24, 2.45) is 35.5 Å². The Hall–Kier alpha value is -3.61. The smallest absolute Gasteiger partial charge is 0.248 e. The molecule has 7 heteroatoms. The monoisotopic (exact) mass is 472 g/mol. The highest BCUT2D eigenvalue weighted by Crippen LogP contribution is 2.65. The van der Waals surface area contributed by atoms with E-state index in [1.54, 1.807) is 25.3 Å². The van der Waals surface area contributed by atoms with Gasteiger partial charge in [-0.25, -0.2) is 0 Å². The van der Waals surface area contributed by atoms with Crippen LogP contribution < -0.4 is 14.8 Å². The Bertz CT molecular complexity index is 1190. The topological polar surface area (TPSA) is 84.9 Å². The molecule has 1 heterocycles. The van der Waals surface area contributed by atoms with Gasteiger partial charge in [-0.15, -0.1) is 0 Å². The molecule has 2 aromatic rings. The van der Waals surface area contributed by atoms with Crippen LogP contribution in [0.4, 0.5) is 5.69 Å². The minimum Gasteiger partial charge on any atom is -0.497 e. The number of hydrogen-bond donors (Lipinski definition) is 1. The summed E-state index contributed by atoms with van der Waals surface area (Å²) in [5.41, 5.74) is 1.30. The summed E-state index contributed by atoms with van der Waals surface area (Å²) in [6.07, 6.45) is 5.62. The van der Waals surface area contributed by atoms with E-state index >= 15 is 0 Å². The van der Waals surface area contributed by atoms with Crippen molar-refractivity contribution < 1.29 is 23.9 Å². The minimum absolute atomic E-state index is 0.107. The van der Waals surface area contributed by atoms with Crippen molar-refractivity contribution in [2.75, 3.05) is 19.5 Å². The third-order valence-electron chi connectivity index (χ3n) is 8.25. The molecule has 0 unspecified atom stereocenters. The van der Waals surface area contributed by atoms with Crippen LogP contribution in [0.15, 0.2) is 60.7 Å². The van der Waals surface area contributed by atoms with Gasteiger partial charge in [0.15, 0.2) is 0 Å². The van der Waals surface area contributed by atoms with E-state index in [0.717, 1.165) is 12.0 Å². The van der Waals surface area contributed by atoms with Crippen LogP contribution in [-0.4, -0.2) is 42.9 Å². The predicted octanol–water partition coefficient (Wildman–Crippen LogP) is 3.31. The number of carbonyl (C=O) groups is 3. The maximum absolute atomic E-state index is 13.8. The van der Waals surface area contributed by atoms with Crippen LogP contribution in [0.1, 0.15) is 12.0 Å². The second-order valence-electron chi connectivity index (χ2n) is 9.96. The predicted molar refractivity (Wildman–Crippen MR) is 129 cm³/mol. The maximum Gasteiger partial charge on any atom is 0.248 e. The zero-order valence-corrected chi connectivity index (χ0v) is 19.7. The molecule has 180 valence electrons. The number of anilines is 1. The third-order valence-corrected chi connectivity index (χ3v) is 8.25. The first-order valence-corrected chi connectivity index (χ1v) is 12.1. The lowest BCUT2D eigenvalue weighted by Gasteiger charge is -2.37. The van der Waals surface area contributed by atoms with Crippen molar-refractivity contribution in [3.8, 4) is 11.5 Å². The number of nitrogens with zero attached hydrogens (tertiary/aromatic N) is 1. The van der Waals surface area contributed by atoms with E-state index in [1.807, 2.05) is 30.3 Å². The van der Waals surface area contributed by atoms with Gasteiger partial charge < -0.3 is 14.8 Å². The van der Waals surface area contributed by atoms with Gasteiger partial charge in [0.2, 0.25) is 17.7 Å². The molecule has 2 saturated carbocycles. The van der Waals surface area contributed by atoms with Gasteiger partial charge in [0.25, 0.3) is 0 Å². The second-order valence-corrected chi connectivity index (χ2v) is 9.96. The highest BCUT2D eigenvalue weighted by atomic mass is 16.5. The van der Waals surface area contributed by atoms with Gasteiger partial charge >= 0.3 is 0 Å². The van der Waals surface area contributed by atoms with Crippen LogP contribution in [0.5, 0.6) is 11.5 Å². The molecule has 3 amide bonds. The summed E-state index contributed by atoms with van der Waals surface area (Å²) in [5, 5.41) is 2.91. The van der Waals surface area contributed by atoms with Gasteiger partial charge in [0.1, 0.15) is 17.5 Å². The van der Waals surface area contributed by atoms with Gasteiger partial charge in [-0.05, 0) is 47.8 Å². The molecule has 7 rings (SSSR count). The molecule has 0 radical (unpaired) electrons. The van der Waals surface area contributed by atoms with Crippen LogP contribution in [0.25, 0.3) is 0 Å². The van der Waals surface area contributed by atoms with Crippen molar-refractivity contribution in [3.05, 3.63) is 66.2 Å². The first kappa shape index (κ1) is 21.9. The Balaban J connectivity index is 1.34. The lowest BCUT2D eigenvalue weighted by molar-refractivity contribution is -0.146. The molecule has 5 aliphatic rings. The summed E-state index contributed by atoms with van der Waals surface area (Å²) in [7, 11) is 3.06. The largest absolute Gasteiger partial charge is 0.497 e. The normalized spacial score (nSPS) is 30.5. The summed E-state index contributed by atoms with van der Waals surface area (Å²) < 4.78 is 10.7. The molecule has 1 N–H and O–H groups in total. The minimum atomic E-state index is -0.963. The second kappa shape index (κ2) is 8.26. The number of ether oxygens (including phenoxy) is 2. The summed E-state index contributed by atoms with van der Waals surface area (Å²) in [5.74, 6) is 0.705. The van der Waals surface area contributed by atoms with Crippen LogP contribution in [0.3, 0.4) is 0 Å². The molecule has 35 heavy (non-hydrogen) atoms. The first-order valence-electron chi connectivity index (χ1n) is 12.1. The maximum atomic E-state index is 13.8. The molecule has 4 aliphatic carbocycles. The van der Waals surface area contributed by atoms with Crippen molar-refractivity contribution in [1.29, 1.82) is 0 Å².